The Morgan fingerprint density at radius 3 is 2.70 bits per heavy atom. The fourth-order valence-electron chi connectivity index (χ4n) is 3.19. The van der Waals surface area contributed by atoms with Gasteiger partial charge in [-0.25, -0.2) is 4.98 Å². The molecule has 3 aromatic rings. The molecule has 3 heterocycles. The summed E-state index contributed by atoms with van der Waals surface area (Å²) in [7, 11) is 0. The molecule has 1 aliphatic heterocycles. The zero-order valence-electron chi connectivity index (χ0n) is 14.8. The molecule has 0 atom stereocenters. The fraction of sp³-hybridized carbons (Fsp3) is 0.250. The van der Waals surface area contributed by atoms with E-state index in [1.807, 2.05) is 24.3 Å². The second-order valence-corrected chi connectivity index (χ2v) is 6.33. The predicted molar refractivity (Wildman–Crippen MR) is 101 cm³/mol. The van der Waals surface area contributed by atoms with Gasteiger partial charge < -0.3 is 15.2 Å². The number of nitrogens with two attached hydrogens (primary N) is 1. The molecule has 0 aliphatic carbocycles. The lowest BCUT2D eigenvalue weighted by atomic mass is 10.1. The van der Waals surface area contributed by atoms with Crippen LogP contribution in [0.3, 0.4) is 0 Å². The minimum absolute atomic E-state index is 0.179. The van der Waals surface area contributed by atoms with Crippen molar-refractivity contribution in [2.75, 3.05) is 26.3 Å². The van der Waals surface area contributed by atoms with Crippen LogP contribution in [0, 0.1) is 0 Å². The van der Waals surface area contributed by atoms with Crippen molar-refractivity contribution in [2.24, 2.45) is 5.73 Å². The Hall–Kier alpha value is -3.03. The monoisotopic (exact) mass is 364 g/mol. The molecule has 1 aromatic carbocycles. The van der Waals surface area contributed by atoms with Crippen LogP contribution >= 0.6 is 0 Å². The summed E-state index contributed by atoms with van der Waals surface area (Å²) in [6.07, 6.45) is 3.28. The second kappa shape index (κ2) is 7.69. The van der Waals surface area contributed by atoms with Crippen LogP contribution in [0.4, 0.5) is 0 Å². The third-order valence-corrected chi connectivity index (χ3v) is 4.56. The summed E-state index contributed by atoms with van der Waals surface area (Å²) < 4.78 is 11.3. The highest BCUT2D eigenvalue weighted by atomic mass is 16.5. The lowest BCUT2D eigenvalue weighted by Crippen LogP contribution is -2.35. The molecule has 138 valence electrons. The summed E-state index contributed by atoms with van der Waals surface area (Å²) in [6, 6.07) is 11.1. The minimum atomic E-state index is -0.584. The molecule has 0 unspecified atom stereocenters. The van der Waals surface area contributed by atoms with Gasteiger partial charge in [0.1, 0.15) is 11.1 Å². The summed E-state index contributed by atoms with van der Waals surface area (Å²) in [4.78, 5) is 22.6. The number of carbonyl (C=O) groups is 1. The smallest absolute Gasteiger partial charge is 0.254 e. The third kappa shape index (κ3) is 3.74. The Morgan fingerprint density at radius 1 is 1.11 bits per heavy atom. The molecule has 1 amide bonds. The summed E-state index contributed by atoms with van der Waals surface area (Å²) >= 11 is 0. The van der Waals surface area contributed by atoms with Gasteiger partial charge in [0, 0.05) is 37.4 Å². The standard InChI is InChI=1S/C20H20N4O3/c21-19(25)16-4-2-8-23-20(16)27-17-6-5-14(13-24-9-11-26-12-10-24)15-3-1-7-22-18(15)17/h1-8H,9-13H2,(H2,21,25). The lowest BCUT2D eigenvalue weighted by Gasteiger charge is -2.27. The first-order valence-electron chi connectivity index (χ1n) is 8.82. The van der Waals surface area contributed by atoms with Crippen molar-refractivity contribution in [3.8, 4) is 11.6 Å². The van der Waals surface area contributed by atoms with E-state index in [1.165, 1.54) is 5.56 Å². The maximum atomic E-state index is 11.6. The van der Waals surface area contributed by atoms with Crippen LogP contribution in [0.5, 0.6) is 11.6 Å². The number of rotatable bonds is 5. The largest absolute Gasteiger partial charge is 0.436 e. The minimum Gasteiger partial charge on any atom is -0.436 e. The highest BCUT2D eigenvalue weighted by Gasteiger charge is 2.16. The van der Waals surface area contributed by atoms with E-state index in [9.17, 15) is 4.79 Å². The zero-order valence-corrected chi connectivity index (χ0v) is 14.8. The number of aromatic nitrogens is 2. The number of benzene rings is 1. The molecule has 0 spiro atoms. The number of hydrogen-bond acceptors (Lipinski definition) is 6. The van der Waals surface area contributed by atoms with Crippen molar-refractivity contribution in [3.63, 3.8) is 0 Å². The molecule has 1 fully saturated rings. The Labute approximate surface area is 156 Å². The first kappa shape index (κ1) is 17.4. The van der Waals surface area contributed by atoms with Crippen molar-refractivity contribution in [3.05, 3.63) is 59.9 Å². The number of primary amides is 1. The molecule has 7 heteroatoms. The van der Waals surface area contributed by atoms with E-state index in [-0.39, 0.29) is 11.4 Å². The Morgan fingerprint density at radius 2 is 1.89 bits per heavy atom. The van der Waals surface area contributed by atoms with Crippen molar-refractivity contribution in [1.29, 1.82) is 0 Å². The molecule has 0 bridgehead atoms. The first-order valence-corrected chi connectivity index (χ1v) is 8.82. The molecule has 2 N–H and O–H groups in total. The second-order valence-electron chi connectivity index (χ2n) is 6.33. The van der Waals surface area contributed by atoms with E-state index in [1.54, 1.807) is 24.5 Å². The summed E-state index contributed by atoms with van der Waals surface area (Å²) in [5.41, 5.74) is 7.55. The number of carbonyl (C=O) groups excluding carboxylic acids is 1. The topological polar surface area (TPSA) is 90.6 Å². The number of morpholine rings is 1. The van der Waals surface area contributed by atoms with Crippen LogP contribution in [-0.2, 0) is 11.3 Å². The van der Waals surface area contributed by atoms with E-state index in [2.05, 4.69) is 14.9 Å². The zero-order chi connectivity index (χ0) is 18.6. The fourth-order valence-corrected chi connectivity index (χ4v) is 3.19. The van der Waals surface area contributed by atoms with E-state index < -0.39 is 5.91 Å². The van der Waals surface area contributed by atoms with Crippen molar-refractivity contribution in [2.45, 2.75) is 6.54 Å². The quantitative estimate of drug-likeness (QED) is 0.747. The van der Waals surface area contributed by atoms with E-state index in [0.29, 0.717) is 5.75 Å². The van der Waals surface area contributed by atoms with Gasteiger partial charge in [0.15, 0.2) is 5.75 Å². The Bertz CT molecular complexity index is 970. The number of fused-ring (bicyclic) bond motifs is 1. The van der Waals surface area contributed by atoms with Gasteiger partial charge in [-0.05, 0) is 29.8 Å². The Balaban J connectivity index is 1.69. The van der Waals surface area contributed by atoms with Crippen LogP contribution in [0.15, 0.2) is 48.8 Å². The van der Waals surface area contributed by atoms with Crippen LogP contribution in [0.2, 0.25) is 0 Å². The lowest BCUT2D eigenvalue weighted by molar-refractivity contribution is 0.0343. The molecule has 1 saturated heterocycles. The number of nitrogens with zero attached hydrogens (tertiary/aromatic N) is 3. The Kier molecular flexibility index (Phi) is 4.95. The normalized spacial score (nSPS) is 15.0. The average Bonchev–Trinajstić information content (AvgIpc) is 2.71. The van der Waals surface area contributed by atoms with Gasteiger partial charge in [0.25, 0.3) is 5.91 Å². The van der Waals surface area contributed by atoms with Crippen LogP contribution < -0.4 is 10.5 Å². The summed E-state index contributed by atoms with van der Waals surface area (Å²) in [5, 5.41) is 1.01. The van der Waals surface area contributed by atoms with Crippen LogP contribution in [-0.4, -0.2) is 47.1 Å². The average molecular weight is 364 g/mol. The van der Waals surface area contributed by atoms with Gasteiger partial charge in [-0.3, -0.25) is 14.7 Å². The molecular formula is C20H20N4O3. The van der Waals surface area contributed by atoms with Gasteiger partial charge in [0.2, 0.25) is 5.88 Å². The first-order chi connectivity index (χ1) is 13.2. The van der Waals surface area contributed by atoms with Gasteiger partial charge in [0.05, 0.1) is 13.2 Å². The van der Waals surface area contributed by atoms with E-state index in [4.69, 9.17) is 15.2 Å². The molecule has 0 saturated carbocycles. The van der Waals surface area contributed by atoms with Gasteiger partial charge in [-0.1, -0.05) is 12.1 Å². The molecule has 4 rings (SSSR count). The molecule has 27 heavy (non-hydrogen) atoms. The molecular weight excluding hydrogens is 344 g/mol. The van der Waals surface area contributed by atoms with Crippen LogP contribution in [0.25, 0.3) is 10.9 Å². The van der Waals surface area contributed by atoms with Crippen LogP contribution in [0.1, 0.15) is 15.9 Å². The molecule has 7 nitrogen and oxygen atoms in total. The van der Waals surface area contributed by atoms with Crippen molar-refractivity contribution >= 4 is 16.8 Å². The number of hydrogen-bond donors (Lipinski definition) is 1. The number of ether oxygens (including phenoxy) is 2. The molecule has 1 aliphatic rings. The van der Waals surface area contributed by atoms with Gasteiger partial charge in [-0.2, -0.15) is 0 Å². The molecule has 2 aromatic heterocycles. The van der Waals surface area contributed by atoms with E-state index >= 15 is 0 Å². The predicted octanol–water partition coefficient (Wildman–Crippen LogP) is 2.35. The maximum Gasteiger partial charge on any atom is 0.254 e. The van der Waals surface area contributed by atoms with Crippen molar-refractivity contribution < 1.29 is 14.3 Å². The van der Waals surface area contributed by atoms with Crippen molar-refractivity contribution in [1.82, 2.24) is 14.9 Å². The third-order valence-electron chi connectivity index (χ3n) is 4.56. The van der Waals surface area contributed by atoms with Gasteiger partial charge in [-0.15, -0.1) is 0 Å². The van der Waals surface area contributed by atoms with Gasteiger partial charge >= 0.3 is 0 Å². The molecule has 0 radical (unpaired) electrons. The highest BCUT2D eigenvalue weighted by molar-refractivity contribution is 5.95. The number of amides is 1. The number of pyridine rings is 2. The van der Waals surface area contributed by atoms with E-state index in [0.717, 1.165) is 43.8 Å². The maximum absolute atomic E-state index is 11.6. The SMILES string of the molecule is NC(=O)c1cccnc1Oc1ccc(CN2CCOCC2)c2cccnc12. The summed E-state index contributed by atoms with van der Waals surface area (Å²) in [6.45, 7) is 4.16. The summed E-state index contributed by atoms with van der Waals surface area (Å²) in [5.74, 6) is 0.134. The highest BCUT2D eigenvalue weighted by Crippen LogP contribution is 2.31.